The van der Waals surface area contributed by atoms with Gasteiger partial charge in [0.15, 0.2) is 0 Å². The van der Waals surface area contributed by atoms with E-state index in [1.54, 1.807) is 20.8 Å². The molecule has 1 aliphatic rings. The van der Waals surface area contributed by atoms with Gasteiger partial charge < -0.3 is 9.84 Å². The second-order valence-corrected chi connectivity index (χ2v) is 5.42. The first kappa shape index (κ1) is 14.7. The number of rotatable bonds is 2. The van der Waals surface area contributed by atoms with Crippen LogP contribution in [-0.4, -0.2) is 46.2 Å². The van der Waals surface area contributed by atoms with Crippen LogP contribution in [0.4, 0.5) is 13.6 Å². The fourth-order valence-corrected chi connectivity index (χ4v) is 1.82. The maximum atomic E-state index is 13.2. The molecule has 104 valence electrons. The molecule has 1 aliphatic heterocycles. The zero-order chi connectivity index (χ0) is 14.1. The molecule has 0 aromatic rings. The molecule has 1 saturated heterocycles. The predicted octanol–water partition coefficient (Wildman–Crippen LogP) is 2.11. The van der Waals surface area contributed by atoms with Gasteiger partial charge in [0.1, 0.15) is 5.60 Å². The fraction of sp³-hybridized carbons (Fsp3) is 0.818. The normalized spacial score (nSPS) is 22.9. The molecule has 1 atom stereocenters. The van der Waals surface area contributed by atoms with Crippen molar-refractivity contribution in [3.8, 4) is 0 Å². The first-order valence-corrected chi connectivity index (χ1v) is 5.59. The van der Waals surface area contributed by atoms with E-state index in [0.29, 0.717) is 0 Å². The molecule has 1 amide bonds. The number of amides is 1. The van der Waals surface area contributed by atoms with Crippen LogP contribution in [0.2, 0.25) is 0 Å². The molecule has 0 saturated carbocycles. The van der Waals surface area contributed by atoms with E-state index < -0.39 is 49.0 Å². The number of carbonyl (C=O) groups is 2. The van der Waals surface area contributed by atoms with Gasteiger partial charge in [-0.2, -0.15) is 0 Å². The lowest BCUT2D eigenvalue weighted by atomic mass is 10.1. The Labute approximate surface area is 104 Å². The highest BCUT2D eigenvalue weighted by molar-refractivity contribution is 5.72. The van der Waals surface area contributed by atoms with Gasteiger partial charge in [-0.05, 0) is 20.8 Å². The standard InChI is InChI=1S/C11H17F2NO4/c1-10(2,3)18-9(17)14-6-11(12,13)5-7(14)4-8(15)16/h7H,4-6H2,1-3H3,(H,15,16)/t7-/m1/s1. The molecule has 0 radical (unpaired) electrons. The van der Waals surface area contributed by atoms with Crippen LogP contribution < -0.4 is 0 Å². The lowest BCUT2D eigenvalue weighted by molar-refractivity contribution is -0.138. The molecule has 7 heteroatoms. The molecular weight excluding hydrogens is 248 g/mol. The average molecular weight is 265 g/mol. The molecule has 0 aromatic carbocycles. The summed E-state index contributed by atoms with van der Waals surface area (Å²) in [6.07, 6.45) is -2.04. The maximum Gasteiger partial charge on any atom is 0.410 e. The van der Waals surface area contributed by atoms with Crippen LogP contribution in [-0.2, 0) is 9.53 Å². The Morgan fingerprint density at radius 2 is 2.00 bits per heavy atom. The van der Waals surface area contributed by atoms with Crippen LogP contribution in [0.25, 0.3) is 0 Å². The number of alkyl halides is 2. The number of carboxylic acid groups (broad SMARTS) is 1. The van der Waals surface area contributed by atoms with Gasteiger partial charge in [-0.1, -0.05) is 0 Å². The van der Waals surface area contributed by atoms with E-state index in [0.717, 1.165) is 4.90 Å². The highest BCUT2D eigenvalue weighted by atomic mass is 19.3. The summed E-state index contributed by atoms with van der Waals surface area (Å²) in [7, 11) is 0. The van der Waals surface area contributed by atoms with Crippen molar-refractivity contribution in [1.82, 2.24) is 4.90 Å². The quantitative estimate of drug-likeness (QED) is 0.830. The van der Waals surface area contributed by atoms with E-state index in [1.807, 2.05) is 0 Å². The van der Waals surface area contributed by atoms with Crippen LogP contribution >= 0.6 is 0 Å². The highest BCUT2D eigenvalue weighted by Crippen LogP contribution is 2.34. The summed E-state index contributed by atoms with van der Waals surface area (Å²) in [6.45, 7) is 4.06. The largest absolute Gasteiger partial charge is 0.481 e. The molecular formula is C11H17F2NO4. The third-order valence-corrected chi connectivity index (χ3v) is 2.41. The van der Waals surface area contributed by atoms with Gasteiger partial charge in [0.05, 0.1) is 19.0 Å². The Balaban J connectivity index is 2.77. The van der Waals surface area contributed by atoms with Crippen molar-refractivity contribution >= 4 is 12.1 Å². The van der Waals surface area contributed by atoms with Crippen molar-refractivity contribution in [2.24, 2.45) is 0 Å². The number of ether oxygens (including phenoxy) is 1. The minimum Gasteiger partial charge on any atom is -0.481 e. The molecule has 1 heterocycles. The molecule has 1 fully saturated rings. The summed E-state index contributed by atoms with van der Waals surface area (Å²) >= 11 is 0. The van der Waals surface area contributed by atoms with Crippen molar-refractivity contribution in [2.45, 2.75) is 51.2 Å². The molecule has 1 N–H and O–H groups in total. The number of carboxylic acids is 1. The van der Waals surface area contributed by atoms with Crippen molar-refractivity contribution in [3.05, 3.63) is 0 Å². The first-order valence-electron chi connectivity index (χ1n) is 5.59. The molecule has 0 bridgehead atoms. The number of aliphatic carboxylic acids is 1. The summed E-state index contributed by atoms with van der Waals surface area (Å²) in [6, 6.07) is -1.02. The molecule has 0 unspecified atom stereocenters. The van der Waals surface area contributed by atoms with E-state index >= 15 is 0 Å². The number of carbonyl (C=O) groups excluding carboxylic acids is 1. The number of hydrogen-bond acceptors (Lipinski definition) is 3. The van der Waals surface area contributed by atoms with E-state index in [9.17, 15) is 18.4 Å². The molecule has 0 aliphatic carbocycles. The van der Waals surface area contributed by atoms with Crippen molar-refractivity contribution in [3.63, 3.8) is 0 Å². The Morgan fingerprint density at radius 1 is 1.44 bits per heavy atom. The molecule has 1 rings (SSSR count). The summed E-state index contributed by atoms with van der Waals surface area (Å²) in [5.41, 5.74) is -0.803. The SMILES string of the molecule is CC(C)(C)OC(=O)N1CC(F)(F)C[C@H]1CC(=O)O. The van der Waals surface area contributed by atoms with Gasteiger partial charge in [-0.25, -0.2) is 13.6 Å². The van der Waals surface area contributed by atoms with Crippen molar-refractivity contribution in [2.75, 3.05) is 6.54 Å². The zero-order valence-corrected chi connectivity index (χ0v) is 10.6. The molecule has 5 nitrogen and oxygen atoms in total. The van der Waals surface area contributed by atoms with Crippen molar-refractivity contribution < 1.29 is 28.2 Å². The number of nitrogens with zero attached hydrogens (tertiary/aromatic N) is 1. The third kappa shape index (κ3) is 4.12. The van der Waals surface area contributed by atoms with Crippen LogP contribution in [0.1, 0.15) is 33.6 Å². The lowest BCUT2D eigenvalue weighted by Gasteiger charge is -2.27. The molecule has 18 heavy (non-hydrogen) atoms. The van der Waals surface area contributed by atoms with E-state index in [1.165, 1.54) is 0 Å². The first-order chi connectivity index (χ1) is 8.00. The van der Waals surface area contributed by atoms with Gasteiger partial charge in [0.25, 0.3) is 5.92 Å². The Kier molecular flexibility index (Phi) is 3.83. The average Bonchev–Trinajstić information content (AvgIpc) is 2.36. The van der Waals surface area contributed by atoms with Crippen LogP contribution in [0.5, 0.6) is 0 Å². The molecule has 0 aromatic heterocycles. The summed E-state index contributed by atoms with van der Waals surface area (Å²) in [4.78, 5) is 23.1. The second kappa shape index (κ2) is 4.70. The fourth-order valence-electron chi connectivity index (χ4n) is 1.82. The Hall–Kier alpha value is -1.40. The van der Waals surface area contributed by atoms with Crippen LogP contribution in [0, 0.1) is 0 Å². The third-order valence-electron chi connectivity index (χ3n) is 2.41. The van der Waals surface area contributed by atoms with Gasteiger partial charge >= 0.3 is 12.1 Å². The summed E-state index contributed by atoms with van der Waals surface area (Å²) in [5.74, 6) is -4.27. The van der Waals surface area contributed by atoms with Gasteiger partial charge in [-0.3, -0.25) is 9.69 Å². The number of hydrogen-bond donors (Lipinski definition) is 1. The predicted molar refractivity (Wildman–Crippen MR) is 58.5 cm³/mol. The minimum absolute atomic E-state index is 0.505. The Morgan fingerprint density at radius 3 is 2.44 bits per heavy atom. The van der Waals surface area contributed by atoms with Crippen LogP contribution in [0.3, 0.4) is 0 Å². The zero-order valence-electron chi connectivity index (χ0n) is 10.6. The second-order valence-electron chi connectivity index (χ2n) is 5.42. The maximum absolute atomic E-state index is 13.2. The van der Waals surface area contributed by atoms with Gasteiger partial charge in [0.2, 0.25) is 0 Å². The topological polar surface area (TPSA) is 66.8 Å². The summed E-state index contributed by atoms with van der Waals surface area (Å²) < 4.78 is 31.5. The molecule has 0 spiro atoms. The smallest absolute Gasteiger partial charge is 0.410 e. The highest BCUT2D eigenvalue weighted by Gasteiger charge is 2.48. The summed E-state index contributed by atoms with van der Waals surface area (Å²) in [5, 5.41) is 8.65. The number of likely N-dealkylation sites (tertiary alicyclic amines) is 1. The van der Waals surface area contributed by atoms with Gasteiger partial charge in [0, 0.05) is 6.42 Å². The van der Waals surface area contributed by atoms with E-state index in [2.05, 4.69) is 0 Å². The van der Waals surface area contributed by atoms with E-state index in [-0.39, 0.29) is 0 Å². The lowest BCUT2D eigenvalue weighted by Crippen LogP contribution is -2.41. The van der Waals surface area contributed by atoms with E-state index in [4.69, 9.17) is 9.84 Å². The Bertz CT molecular complexity index is 351. The van der Waals surface area contributed by atoms with Crippen LogP contribution in [0.15, 0.2) is 0 Å². The minimum atomic E-state index is -3.06. The monoisotopic (exact) mass is 265 g/mol. The number of halogens is 2. The van der Waals surface area contributed by atoms with Gasteiger partial charge in [-0.15, -0.1) is 0 Å². The van der Waals surface area contributed by atoms with Crippen molar-refractivity contribution in [1.29, 1.82) is 0 Å².